The van der Waals surface area contributed by atoms with Crippen LogP contribution in [0.2, 0.25) is 0 Å². The van der Waals surface area contributed by atoms with Crippen LogP contribution >= 0.6 is 0 Å². The first-order valence-electron chi connectivity index (χ1n) is 9.37. The Hall–Kier alpha value is -3.14. The minimum atomic E-state index is 0.190. The summed E-state index contributed by atoms with van der Waals surface area (Å²) in [5, 5.41) is 0. The number of nitrogens with two attached hydrogens (primary N) is 2. The van der Waals surface area contributed by atoms with Gasteiger partial charge in [-0.3, -0.25) is 0 Å². The van der Waals surface area contributed by atoms with E-state index < -0.39 is 0 Å². The third-order valence-electron chi connectivity index (χ3n) is 5.71. The van der Waals surface area contributed by atoms with Crippen molar-refractivity contribution in [3.8, 4) is 17.2 Å². The van der Waals surface area contributed by atoms with Crippen LogP contribution in [-0.4, -0.2) is 6.10 Å². The molecule has 0 saturated heterocycles. The molecule has 2 aliphatic carbocycles. The third-order valence-corrected chi connectivity index (χ3v) is 5.71. The van der Waals surface area contributed by atoms with E-state index in [1.54, 1.807) is 0 Å². The molecule has 3 aromatic carbocycles. The number of nitrogen functional groups attached to an aromatic ring is 2. The Labute approximate surface area is 158 Å². The van der Waals surface area contributed by atoms with Crippen molar-refractivity contribution in [3.05, 3.63) is 77.9 Å². The van der Waals surface area contributed by atoms with Crippen LogP contribution in [0.25, 0.3) is 0 Å². The SMILES string of the molecule is Nc1ccc(Oc2ccc3c(c2)C2CCC3C2Oc2ccc(N)cc2)cc1. The number of ether oxygens (including phenoxy) is 2. The van der Waals surface area contributed by atoms with E-state index >= 15 is 0 Å². The molecule has 2 bridgehead atoms. The second kappa shape index (κ2) is 6.23. The average Bonchev–Trinajstić information content (AvgIpc) is 3.21. The van der Waals surface area contributed by atoms with Gasteiger partial charge in [0.15, 0.2) is 0 Å². The molecular formula is C23H22N2O2. The lowest BCUT2D eigenvalue weighted by molar-refractivity contribution is 0.186. The molecule has 136 valence electrons. The van der Waals surface area contributed by atoms with Gasteiger partial charge in [0.1, 0.15) is 23.4 Å². The Morgan fingerprint density at radius 1 is 0.630 bits per heavy atom. The Morgan fingerprint density at radius 3 is 1.85 bits per heavy atom. The van der Waals surface area contributed by atoms with Gasteiger partial charge < -0.3 is 20.9 Å². The van der Waals surface area contributed by atoms with Crippen LogP contribution in [0.4, 0.5) is 11.4 Å². The first kappa shape index (κ1) is 16.1. The van der Waals surface area contributed by atoms with Gasteiger partial charge in [-0.15, -0.1) is 0 Å². The summed E-state index contributed by atoms with van der Waals surface area (Å²) >= 11 is 0. The lowest BCUT2D eigenvalue weighted by Gasteiger charge is -2.18. The van der Waals surface area contributed by atoms with Crippen molar-refractivity contribution in [2.75, 3.05) is 11.5 Å². The highest BCUT2D eigenvalue weighted by Crippen LogP contribution is 2.55. The molecule has 3 aromatic rings. The molecule has 27 heavy (non-hydrogen) atoms. The first-order chi connectivity index (χ1) is 13.2. The monoisotopic (exact) mass is 358 g/mol. The van der Waals surface area contributed by atoms with Gasteiger partial charge in [-0.2, -0.15) is 0 Å². The lowest BCUT2D eigenvalue weighted by Crippen LogP contribution is -2.19. The second-order valence-electron chi connectivity index (χ2n) is 7.40. The minimum absolute atomic E-state index is 0.190. The van der Waals surface area contributed by atoms with Gasteiger partial charge >= 0.3 is 0 Å². The van der Waals surface area contributed by atoms with Crippen molar-refractivity contribution in [1.29, 1.82) is 0 Å². The maximum absolute atomic E-state index is 6.36. The van der Waals surface area contributed by atoms with E-state index in [0.29, 0.717) is 11.8 Å². The van der Waals surface area contributed by atoms with Crippen molar-refractivity contribution in [3.63, 3.8) is 0 Å². The number of hydrogen-bond acceptors (Lipinski definition) is 4. The normalized spacial score (nSPS) is 22.4. The Morgan fingerprint density at radius 2 is 1.19 bits per heavy atom. The first-order valence-corrected chi connectivity index (χ1v) is 9.37. The van der Waals surface area contributed by atoms with Crippen LogP contribution in [0.3, 0.4) is 0 Å². The van der Waals surface area contributed by atoms with E-state index in [9.17, 15) is 0 Å². The van der Waals surface area contributed by atoms with Crippen LogP contribution in [0.5, 0.6) is 17.2 Å². The Balaban J connectivity index is 1.38. The van der Waals surface area contributed by atoms with E-state index in [-0.39, 0.29) is 6.10 Å². The largest absolute Gasteiger partial charge is 0.489 e. The summed E-state index contributed by atoms with van der Waals surface area (Å²) in [5.41, 5.74) is 15.8. The molecule has 1 saturated carbocycles. The summed E-state index contributed by atoms with van der Waals surface area (Å²) in [6.45, 7) is 0. The molecule has 0 aliphatic heterocycles. The lowest BCUT2D eigenvalue weighted by atomic mass is 9.92. The highest BCUT2D eigenvalue weighted by Gasteiger charge is 2.47. The molecule has 3 unspecified atom stereocenters. The fourth-order valence-corrected chi connectivity index (χ4v) is 4.45. The molecule has 0 amide bonds. The fourth-order valence-electron chi connectivity index (χ4n) is 4.45. The molecule has 4 N–H and O–H groups in total. The molecule has 1 fully saturated rings. The summed E-state index contributed by atoms with van der Waals surface area (Å²) < 4.78 is 12.4. The predicted octanol–water partition coefficient (Wildman–Crippen LogP) is 5.07. The molecule has 0 heterocycles. The van der Waals surface area contributed by atoms with E-state index in [0.717, 1.165) is 35.0 Å². The van der Waals surface area contributed by atoms with E-state index in [1.807, 2.05) is 48.5 Å². The molecule has 0 spiro atoms. The predicted molar refractivity (Wildman–Crippen MR) is 107 cm³/mol. The van der Waals surface area contributed by atoms with Crippen molar-refractivity contribution < 1.29 is 9.47 Å². The minimum Gasteiger partial charge on any atom is -0.489 e. The highest BCUT2D eigenvalue weighted by atomic mass is 16.5. The molecule has 5 rings (SSSR count). The topological polar surface area (TPSA) is 70.5 Å². The van der Waals surface area contributed by atoms with Gasteiger partial charge in [0, 0.05) is 23.2 Å². The van der Waals surface area contributed by atoms with E-state index in [4.69, 9.17) is 20.9 Å². The molecule has 0 radical (unpaired) electrons. The van der Waals surface area contributed by atoms with Crippen LogP contribution in [0.1, 0.15) is 35.8 Å². The van der Waals surface area contributed by atoms with Crippen LogP contribution in [-0.2, 0) is 0 Å². The van der Waals surface area contributed by atoms with Crippen LogP contribution < -0.4 is 20.9 Å². The highest BCUT2D eigenvalue weighted by molar-refractivity contribution is 5.50. The third kappa shape index (κ3) is 2.87. The van der Waals surface area contributed by atoms with Crippen LogP contribution in [0, 0.1) is 0 Å². The molecule has 0 aromatic heterocycles. The van der Waals surface area contributed by atoms with Gasteiger partial charge in [0.05, 0.1) is 0 Å². The number of hydrogen-bond donors (Lipinski definition) is 2. The second-order valence-corrected chi connectivity index (χ2v) is 7.40. The van der Waals surface area contributed by atoms with Gasteiger partial charge in [-0.1, -0.05) is 6.07 Å². The maximum Gasteiger partial charge on any atom is 0.127 e. The number of rotatable bonds is 4. The molecule has 2 aliphatic rings. The van der Waals surface area contributed by atoms with Gasteiger partial charge in [-0.25, -0.2) is 0 Å². The Bertz CT molecular complexity index is 967. The number of fused-ring (bicyclic) bond motifs is 5. The Kier molecular flexibility index (Phi) is 3.71. The van der Waals surface area contributed by atoms with Crippen molar-refractivity contribution in [2.45, 2.75) is 30.8 Å². The number of anilines is 2. The average molecular weight is 358 g/mol. The van der Waals surface area contributed by atoms with E-state index in [2.05, 4.69) is 18.2 Å². The number of benzene rings is 3. The zero-order chi connectivity index (χ0) is 18.4. The van der Waals surface area contributed by atoms with Crippen LogP contribution in [0.15, 0.2) is 66.7 Å². The smallest absolute Gasteiger partial charge is 0.127 e. The summed E-state index contributed by atoms with van der Waals surface area (Å²) in [7, 11) is 0. The van der Waals surface area contributed by atoms with Gasteiger partial charge in [-0.05, 0) is 84.6 Å². The molecule has 3 atom stereocenters. The quantitative estimate of drug-likeness (QED) is 0.639. The summed E-state index contributed by atoms with van der Waals surface area (Å²) in [5.74, 6) is 3.40. The summed E-state index contributed by atoms with van der Waals surface area (Å²) in [4.78, 5) is 0. The summed E-state index contributed by atoms with van der Waals surface area (Å²) in [6, 6.07) is 21.6. The van der Waals surface area contributed by atoms with Crippen molar-refractivity contribution in [2.24, 2.45) is 0 Å². The molecule has 4 heteroatoms. The molecule has 4 nitrogen and oxygen atoms in total. The van der Waals surface area contributed by atoms with Gasteiger partial charge in [0.2, 0.25) is 0 Å². The van der Waals surface area contributed by atoms with E-state index in [1.165, 1.54) is 17.5 Å². The maximum atomic E-state index is 6.36. The fraction of sp³-hybridized carbons (Fsp3) is 0.217. The van der Waals surface area contributed by atoms with Crippen molar-refractivity contribution in [1.82, 2.24) is 0 Å². The van der Waals surface area contributed by atoms with Gasteiger partial charge in [0.25, 0.3) is 0 Å². The summed E-state index contributed by atoms with van der Waals surface area (Å²) in [6.07, 6.45) is 2.52. The zero-order valence-electron chi connectivity index (χ0n) is 15.0. The molecular weight excluding hydrogens is 336 g/mol. The standard InChI is InChI=1S/C23H22N2O2/c24-14-1-5-16(6-2-14)26-18-9-10-19-20-11-12-21(22(19)13-18)23(20)27-17-7-3-15(25)4-8-17/h1-10,13,20-21,23H,11-12,24-25H2. The van der Waals surface area contributed by atoms with Crippen molar-refractivity contribution >= 4 is 11.4 Å². The zero-order valence-corrected chi connectivity index (χ0v) is 15.0.